The van der Waals surface area contributed by atoms with E-state index in [0.29, 0.717) is 11.6 Å². The molecule has 0 aliphatic carbocycles. The number of aryl methyl sites for hydroxylation is 1. The van der Waals surface area contributed by atoms with Gasteiger partial charge in [0, 0.05) is 36.3 Å². The average Bonchev–Trinajstić information content (AvgIpc) is 3.13. The van der Waals surface area contributed by atoms with E-state index in [4.69, 9.17) is 11.6 Å². The Balaban J connectivity index is 1.48. The summed E-state index contributed by atoms with van der Waals surface area (Å²) in [5.74, 6) is 1.14. The molecule has 1 amide bonds. The first-order chi connectivity index (χ1) is 13.1. The van der Waals surface area contributed by atoms with Crippen LogP contribution in [0.25, 0.3) is 11.7 Å². The lowest BCUT2D eigenvalue weighted by molar-refractivity contribution is -0.127. The molecule has 27 heavy (non-hydrogen) atoms. The smallest absolute Gasteiger partial charge is 0.246 e. The Morgan fingerprint density at radius 2 is 2.15 bits per heavy atom. The number of piperidine rings is 1. The Labute approximate surface area is 163 Å². The molecule has 0 saturated carbocycles. The van der Waals surface area contributed by atoms with Crippen LogP contribution in [0.2, 0.25) is 5.02 Å². The summed E-state index contributed by atoms with van der Waals surface area (Å²) >= 11 is 6.16. The summed E-state index contributed by atoms with van der Waals surface area (Å²) in [5.41, 5.74) is 2.79. The quantitative estimate of drug-likeness (QED) is 0.642. The lowest BCUT2D eigenvalue weighted by Gasteiger charge is -2.31. The van der Waals surface area contributed by atoms with Crippen LogP contribution in [0, 0.1) is 6.92 Å². The molecule has 0 spiro atoms. The highest BCUT2D eigenvalue weighted by atomic mass is 35.5. The van der Waals surface area contributed by atoms with Gasteiger partial charge in [0.2, 0.25) is 5.91 Å². The van der Waals surface area contributed by atoms with E-state index in [1.165, 1.54) is 0 Å². The summed E-state index contributed by atoms with van der Waals surface area (Å²) in [6.45, 7) is 3.39. The van der Waals surface area contributed by atoms with Crippen LogP contribution < -0.4 is 0 Å². The summed E-state index contributed by atoms with van der Waals surface area (Å²) < 4.78 is 2.02. The molecule has 138 valence electrons. The number of pyridine rings is 1. The number of fused-ring (bicyclic) bond motifs is 1. The molecule has 1 unspecified atom stereocenters. The fourth-order valence-corrected chi connectivity index (χ4v) is 3.70. The van der Waals surface area contributed by atoms with Crippen molar-refractivity contribution in [1.82, 2.24) is 19.5 Å². The predicted octanol–water partition coefficient (Wildman–Crippen LogP) is 4.11. The third kappa shape index (κ3) is 3.74. The predicted molar refractivity (Wildman–Crippen MR) is 107 cm³/mol. The number of halogens is 1. The van der Waals surface area contributed by atoms with E-state index in [1.54, 1.807) is 6.08 Å². The Kier molecular flexibility index (Phi) is 4.94. The van der Waals surface area contributed by atoms with Crippen molar-refractivity contribution in [2.24, 2.45) is 0 Å². The summed E-state index contributed by atoms with van der Waals surface area (Å²) in [6.07, 6.45) is 7.40. The van der Waals surface area contributed by atoms with E-state index in [1.807, 2.05) is 64.9 Å². The number of aromatic nitrogens is 3. The molecule has 0 bridgehead atoms. The van der Waals surface area contributed by atoms with Crippen LogP contribution in [0.3, 0.4) is 0 Å². The van der Waals surface area contributed by atoms with Gasteiger partial charge >= 0.3 is 0 Å². The van der Waals surface area contributed by atoms with Crippen molar-refractivity contribution in [2.45, 2.75) is 25.7 Å². The molecule has 1 atom stereocenters. The molecule has 1 aliphatic heterocycles. The molecule has 1 fully saturated rings. The lowest BCUT2D eigenvalue weighted by atomic mass is 9.97. The maximum Gasteiger partial charge on any atom is 0.246 e. The van der Waals surface area contributed by atoms with Gasteiger partial charge in [0.15, 0.2) is 5.65 Å². The van der Waals surface area contributed by atoms with Gasteiger partial charge in [0.25, 0.3) is 0 Å². The maximum atomic E-state index is 12.7. The van der Waals surface area contributed by atoms with E-state index < -0.39 is 0 Å². The van der Waals surface area contributed by atoms with Crippen molar-refractivity contribution in [1.29, 1.82) is 0 Å². The topological polar surface area (TPSA) is 50.5 Å². The minimum Gasteiger partial charge on any atom is -0.338 e. The first-order valence-corrected chi connectivity index (χ1v) is 9.52. The van der Waals surface area contributed by atoms with Gasteiger partial charge in [-0.3, -0.25) is 9.20 Å². The van der Waals surface area contributed by atoms with Crippen molar-refractivity contribution < 1.29 is 4.79 Å². The van der Waals surface area contributed by atoms with Crippen LogP contribution in [0.5, 0.6) is 0 Å². The van der Waals surface area contributed by atoms with Crippen molar-refractivity contribution in [3.05, 3.63) is 70.6 Å². The lowest BCUT2D eigenvalue weighted by Crippen LogP contribution is -2.38. The van der Waals surface area contributed by atoms with E-state index in [2.05, 4.69) is 10.2 Å². The normalized spacial score (nSPS) is 17.7. The number of carbonyl (C=O) groups excluding carboxylic acids is 1. The molecule has 2 aromatic heterocycles. The Morgan fingerprint density at radius 1 is 1.26 bits per heavy atom. The average molecular weight is 381 g/mol. The van der Waals surface area contributed by atoms with Crippen molar-refractivity contribution >= 4 is 29.2 Å². The Morgan fingerprint density at radius 3 is 3.00 bits per heavy atom. The highest BCUT2D eigenvalue weighted by Crippen LogP contribution is 2.26. The second kappa shape index (κ2) is 7.53. The first-order valence-electron chi connectivity index (χ1n) is 9.14. The number of amides is 1. The summed E-state index contributed by atoms with van der Waals surface area (Å²) in [6, 6.07) is 11.7. The standard InChI is InChI=1S/C21H21ClN4O/c1-15-7-8-16(13-18(15)22)9-10-20(27)25-11-4-5-17(14-25)21-24-23-19-6-2-3-12-26(19)21/h2-3,6-10,12-13,17H,4-5,11,14H2,1H3/b10-9+. The Bertz CT molecular complexity index is 1010. The van der Waals surface area contributed by atoms with Gasteiger partial charge in [-0.1, -0.05) is 29.8 Å². The molecule has 6 heteroatoms. The second-order valence-corrected chi connectivity index (χ2v) is 7.36. The van der Waals surface area contributed by atoms with Gasteiger partial charge in [0.1, 0.15) is 5.82 Å². The van der Waals surface area contributed by atoms with Crippen molar-refractivity contribution in [3.8, 4) is 0 Å². The number of rotatable bonds is 3. The van der Waals surface area contributed by atoms with Crippen molar-refractivity contribution in [2.75, 3.05) is 13.1 Å². The van der Waals surface area contributed by atoms with E-state index in [-0.39, 0.29) is 11.8 Å². The van der Waals surface area contributed by atoms with E-state index in [9.17, 15) is 4.79 Å². The van der Waals surface area contributed by atoms with Gasteiger partial charge in [-0.2, -0.15) is 0 Å². The van der Waals surface area contributed by atoms with Gasteiger partial charge in [-0.15, -0.1) is 10.2 Å². The SMILES string of the molecule is Cc1ccc(/C=C/C(=O)N2CCCC(c3nnc4ccccn34)C2)cc1Cl. The van der Waals surface area contributed by atoms with Crippen molar-refractivity contribution in [3.63, 3.8) is 0 Å². The van der Waals surface area contributed by atoms with E-state index >= 15 is 0 Å². The van der Waals surface area contributed by atoms with Gasteiger partial charge in [-0.05, 0) is 55.2 Å². The van der Waals surface area contributed by atoms with Crippen LogP contribution in [0.4, 0.5) is 0 Å². The highest BCUT2D eigenvalue weighted by Gasteiger charge is 2.26. The fourth-order valence-electron chi connectivity index (χ4n) is 3.51. The number of hydrogen-bond acceptors (Lipinski definition) is 3. The Hall–Kier alpha value is -2.66. The summed E-state index contributed by atoms with van der Waals surface area (Å²) in [5, 5.41) is 9.31. The third-order valence-corrected chi connectivity index (χ3v) is 5.46. The molecular weight excluding hydrogens is 360 g/mol. The van der Waals surface area contributed by atoms with Gasteiger partial charge < -0.3 is 4.90 Å². The first kappa shape index (κ1) is 17.7. The number of nitrogens with zero attached hydrogens (tertiary/aromatic N) is 4. The van der Waals surface area contributed by atoms with Crippen LogP contribution in [0.15, 0.2) is 48.7 Å². The number of carbonyl (C=O) groups is 1. The van der Waals surface area contributed by atoms with Crippen LogP contribution >= 0.6 is 11.6 Å². The molecule has 4 rings (SSSR count). The number of likely N-dealkylation sites (tertiary alicyclic amines) is 1. The summed E-state index contributed by atoms with van der Waals surface area (Å²) in [4.78, 5) is 14.6. The third-order valence-electron chi connectivity index (χ3n) is 5.05. The monoisotopic (exact) mass is 380 g/mol. The molecule has 3 aromatic rings. The molecule has 0 N–H and O–H groups in total. The van der Waals surface area contributed by atoms with Crippen LogP contribution in [-0.4, -0.2) is 38.5 Å². The molecule has 5 nitrogen and oxygen atoms in total. The zero-order valence-electron chi connectivity index (χ0n) is 15.2. The van der Waals surface area contributed by atoms with E-state index in [0.717, 1.165) is 42.0 Å². The highest BCUT2D eigenvalue weighted by molar-refractivity contribution is 6.31. The van der Waals surface area contributed by atoms with Crippen LogP contribution in [0.1, 0.15) is 35.7 Å². The zero-order valence-corrected chi connectivity index (χ0v) is 15.9. The largest absolute Gasteiger partial charge is 0.338 e. The minimum atomic E-state index is 0.0187. The molecule has 1 aliphatic rings. The van der Waals surface area contributed by atoms with Crippen LogP contribution in [-0.2, 0) is 4.79 Å². The zero-order chi connectivity index (χ0) is 18.8. The van der Waals surface area contributed by atoms with Gasteiger partial charge in [0.05, 0.1) is 0 Å². The summed E-state index contributed by atoms with van der Waals surface area (Å²) in [7, 11) is 0. The number of hydrogen-bond donors (Lipinski definition) is 0. The minimum absolute atomic E-state index is 0.0187. The molecule has 0 radical (unpaired) electrons. The fraction of sp³-hybridized carbons (Fsp3) is 0.286. The maximum absolute atomic E-state index is 12.7. The molecule has 3 heterocycles. The number of benzene rings is 1. The van der Waals surface area contributed by atoms with Gasteiger partial charge in [-0.25, -0.2) is 0 Å². The molecular formula is C21H21ClN4O. The molecule has 1 saturated heterocycles. The molecule has 1 aromatic carbocycles. The second-order valence-electron chi connectivity index (χ2n) is 6.95.